The molecule has 312 valence electrons. The van der Waals surface area contributed by atoms with Crippen LogP contribution in [0, 0.1) is 12.1 Å². The van der Waals surface area contributed by atoms with Crippen molar-refractivity contribution in [2.24, 2.45) is 0 Å². The number of nitrogens with zero attached hydrogens (tertiary/aromatic N) is 4. The zero-order valence-corrected chi connectivity index (χ0v) is 36.3. The number of aromatic nitrogens is 4. The van der Waals surface area contributed by atoms with E-state index in [9.17, 15) is 0 Å². The van der Waals surface area contributed by atoms with Gasteiger partial charge < -0.3 is 8.98 Å². The first-order valence-corrected chi connectivity index (χ1v) is 22.9. The largest absolute Gasteiger partial charge is 0.456 e. The molecule has 0 saturated carbocycles. The highest BCUT2D eigenvalue weighted by molar-refractivity contribution is 6.24. The van der Waals surface area contributed by atoms with Gasteiger partial charge in [0, 0.05) is 49.0 Å². The fraction of sp³-hybridized carbons (Fsp3) is 0. The summed E-state index contributed by atoms with van der Waals surface area (Å²) in [6.07, 6.45) is 0. The monoisotopic (exact) mass is 862 g/mol. The van der Waals surface area contributed by atoms with E-state index >= 15 is 0 Å². The second-order valence-electron chi connectivity index (χ2n) is 17.8. The zero-order chi connectivity index (χ0) is 44.5. The van der Waals surface area contributed by atoms with Gasteiger partial charge in [0.1, 0.15) is 11.2 Å². The van der Waals surface area contributed by atoms with Gasteiger partial charge in [0.15, 0.2) is 17.5 Å². The van der Waals surface area contributed by atoms with Crippen molar-refractivity contribution in [1.29, 1.82) is 0 Å². The molecule has 3 aromatic heterocycles. The van der Waals surface area contributed by atoms with Crippen molar-refractivity contribution in [2.75, 3.05) is 0 Å². The molecular weight excluding hydrogens is 829 g/mol. The van der Waals surface area contributed by atoms with Gasteiger partial charge in [0.2, 0.25) is 0 Å². The van der Waals surface area contributed by atoms with Crippen molar-refractivity contribution in [3.63, 3.8) is 0 Å². The molecule has 68 heavy (non-hydrogen) atoms. The van der Waals surface area contributed by atoms with E-state index < -0.39 is 0 Å². The first-order valence-electron chi connectivity index (χ1n) is 22.9. The predicted octanol–water partition coefficient (Wildman–Crippen LogP) is 16.4. The van der Waals surface area contributed by atoms with Gasteiger partial charge >= 0.3 is 0 Å². The molecule has 0 amide bonds. The van der Waals surface area contributed by atoms with Crippen molar-refractivity contribution in [3.8, 4) is 39.9 Å². The molecule has 0 bridgehead atoms. The van der Waals surface area contributed by atoms with Crippen LogP contribution in [0.1, 0.15) is 0 Å². The van der Waals surface area contributed by atoms with Gasteiger partial charge in [-0.2, -0.15) is 0 Å². The van der Waals surface area contributed by atoms with E-state index in [1.807, 2.05) is 12.1 Å². The highest BCUT2D eigenvalue weighted by Crippen LogP contribution is 2.45. The predicted molar refractivity (Wildman–Crippen MR) is 280 cm³/mol. The van der Waals surface area contributed by atoms with E-state index in [2.05, 4.69) is 211 Å². The second kappa shape index (κ2) is 14.1. The molecular formula is C63H34N4O. The smallest absolute Gasteiger partial charge is 0.166 e. The minimum absolute atomic E-state index is 0.533. The maximum Gasteiger partial charge on any atom is 0.166 e. The molecule has 5 heteroatoms. The summed E-state index contributed by atoms with van der Waals surface area (Å²) >= 11 is 0. The van der Waals surface area contributed by atoms with Gasteiger partial charge in [-0.25, -0.2) is 15.0 Å². The van der Waals surface area contributed by atoms with Crippen molar-refractivity contribution in [1.82, 2.24) is 19.5 Å². The third-order valence-corrected chi connectivity index (χ3v) is 14.0. The van der Waals surface area contributed by atoms with Crippen molar-refractivity contribution in [2.45, 2.75) is 0 Å². The lowest BCUT2D eigenvalue weighted by molar-refractivity contribution is 0.669. The lowest BCUT2D eigenvalue weighted by Gasteiger charge is -2.16. The lowest BCUT2D eigenvalue weighted by atomic mass is 9.99. The molecule has 0 atom stereocenters. The second-order valence-corrected chi connectivity index (χ2v) is 17.8. The van der Waals surface area contributed by atoms with E-state index in [1.54, 1.807) is 0 Å². The van der Waals surface area contributed by atoms with Crippen molar-refractivity contribution < 1.29 is 4.42 Å². The maximum absolute atomic E-state index is 6.87. The molecule has 0 N–H and O–H groups in total. The molecule has 0 aliphatic rings. The Morgan fingerprint density at radius 2 is 1.01 bits per heavy atom. The number of hydrogen-bond donors (Lipinski definition) is 0. The zero-order valence-electron chi connectivity index (χ0n) is 36.3. The van der Waals surface area contributed by atoms with E-state index in [4.69, 9.17) is 19.4 Å². The summed E-state index contributed by atoms with van der Waals surface area (Å²) in [5, 5.41) is 18.1. The Kier molecular flexibility index (Phi) is 7.64. The molecule has 3 heterocycles. The fourth-order valence-electron chi connectivity index (χ4n) is 10.9. The van der Waals surface area contributed by atoms with Crippen LogP contribution in [0.5, 0.6) is 0 Å². The van der Waals surface area contributed by atoms with Gasteiger partial charge in [-0.3, -0.25) is 0 Å². The molecule has 0 radical (unpaired) electrons. The molecule has 15 rings (SSSR count). The third kappa shape index (κ3) is 5.43. The summed E-state index contributed by atoms with van der Waals surface area (Å²) < 4.78 is 9.29. The molecule has 0 spiro atoms. The average Bonchev–Trinajstić information content (AvgIpc) is 3.94. The highest BCUT2D eigenvalue weighted by Gasteiger charge is 2.24. The van der Waals surface area contributed by atoms with Crippen molar-refractivity contribution >= 4 is 108 Å². The Hall–Kier alpha value is -9.37. The maximum atomic E-state index is 6.87. The van der Waals surface area contributed by atoms with Gasteiger partial charge in [0.25, 0.3) is 0 Å². The van der Waals surface area contributed by atoms with Gasteiger partial charge in [-0.15, -0.1) is 0 Å². The van der Waals surface area contributed by atoms with Crippen LogP contribution in [0.4, 0.5) is 0 Å². The summed E-state index contributed by atoms with van der Waals surface area (Å²) in [5.41, 5.74) is 7.29. The van der Waals surface area contributed by atoms with Crippen molar-refractivity contribution in [3.05, 3.63) is 218 Å². The molecule has 15 aromatic rings. The summed E-state index contributed by atoms with van der Waals surface area (Å²) in [7, 11) is 0. The number of hydrogen-bond acceptors (Lipinski definition) is 4. The Bertz CT molecular complexity index is 4630. The lowest BCUT2D eigenvalue weighted by Crippen LogP contribution is -2.04. The quantitative estimate of drug-likeness (QED) is 0.165. The Labute approximate surface area is 388 Å². The summed E-state index contributed by atoms with van der Waals surface area (Å²) in [5.74, 6) is 1.67. The van der Waals surface area contributed by atoms with Crippen LogP contribution >= 0.6 is 0 Å². The first-order chi connectivity index (χ1) is 33.7. The molecule has 12 aromatic carbocycles. The summed E-state index contributed by atoms with van der Waals surface area (Å²) in [6.45, 7) is 0. The minimum atomic E-state index is 0.533. The van der Waals surface area contributed by atoms with Crippen LogP contribution in [0.15, 0.2) is 211 Å². The molecule has 0 unspecified atom stereocenters. The summed E-state index contributed by atoms with van der Waals surface area (Å²) in [6, 6.07) is 79.8. The third-order valence-electron chi connectivity index (χ3n) is 14.0. The highest BCUT2D eigenvalue weighted by atomic mass is 16.3. The van der Waals surface area contributed by atoms with Crippen LogP contribution in [0.3, 0.4) is 0 Å². The molecule has 0 fully saturated rings. The normalized spacial score (nSPS) is 12.0. The fourth-order valence-corrected chi connectivity index (χ4v) is 10.9. The average molecular weight is 863 g/mol. The SMILES string of the molecule is c1ccc2c(-c3nc(-c4ccc5c(ccc6ccccc65)c4)nc(-c4cc5oc6ccc7ccccc7c6c5cc4-n4c5cc6ccccc6cc5c5c6ccccc6ccc54)n3)cccc2c#1. The first kappa shape index (κ1) is 36.9. The number of rotatable bonds is 4. The van der Waals surface area contributed by atoms with Gasteiger partial charge in [0.05, 0.1) is 16.7 Å². The summed E-state index contributed by atoms with van der Waals surface area (Å²) in [4.78, 5) is 16.3. The van der Waals surface area contributed by atoms with Crippen LogP contribution in [0.25, 0.3) is 148 Å². The Balaban J connectivity index is 1.09. The molecule has 0 saturated heterocycles. The standard InChI is InChI=1S/C63H34N4O/c1-2-17-42-34-55-51(33-41(42)16-1)59-48-21-9-5-14-39(48)27-30-54(59)67(55)56-35-53-58(68-57-31-28-40-15-6-10-22-49(40)60(53)57)36-52(56)63-65-61(64-62(66-63)50-23-11-18-37-12-3-8-20-46(37)50)44-26-29-47-43(32-44)25-24-38-13-4-7-19-45(38)47/h1-2,4-11,13-36H. The van der Waals surface area contributed by atoms with Crippen LogP contribution in [0.2, 0.25) is 0 Å². The molecule has 0 aliphatic heterocycles. The Morgan fingerprint density at radius 1 is 0.368 bits per heavy atom. The van der Waals surface area contributed by atoms with E-state index in [0.29, 0.717) is 17.5 Å². The van der Waals surface area contributed by atoms with Crippen LogP contribution in [-0.2, 0) is 0 Å². The number of benzene rings is 11. The van der Waals surface area contributed by atoms with E-state index in [-0.39, 0.29) is 0 Å². The van der Waals surface area contributed by atoms with Crippen LogP contribution < -0.4 is 0 Å². The van der Waals surface area contributed by atoms with Gasteiger partial charge in [-0.1, -0.05) is 158 Å². The van der Waals surface area contributed by atoms with Crippen LogP contribution in [-0.4, -0.2) is 19.5 Å². The molecule has 0 aliphatic carbocycles. The minimum Gasteiger partial charge on any atom is -0.456 e. The number of furan rings is 1. The van der Waals surface area contributed by atoms with E-state index in [1.165, 1.54) is 43.1 Å². The topological polar surface area (TPSA) is 56.7 Å². The number of fused-ring (bicyclic) bond motifs is 15. The van der Waals surface area contributed by atoms with E-state index in [0.717, 1.165) is 87.7 Å². The van der Waals surface area contributed by atoms with Gasteiger partial charge in [-0.05, 0) is 115 Å². The molecule has 5 nitrogen and oxygen atoms in total. The Morgan fingerprint density at radius 3 is 1.84 bits per heavy atom.